The van der Waals surface area contributed by atoms with E-state index in [4.69, 9.17) is 9.84 Å². The summed E-state index contributed by atoms with van der Waals surface area (Å²) in [7, 11) is 0. The van der Waals surface area contributed by atoms with Gasteiger partial charge in [0, 0.05) is 18.5 Å². The minimum absolute atomic E-state index is 0.129. The molecule has 0 radical (unpaired) electrons. The lowest BCUT2D eigenvalue weighted by Gasteiger charge is -2.23. The van der Waals surface area contributed by atoms with Crippen molar-refractivity contribution in [1.82, 2.24) is 14.7 Å². The van der Waals surface area contributed by atoms with E-state index >= 15 is 0 Å². The number of para-hydroxylation sites is 1. The number of amides is 1. The molecular formula is C26H30FN3O2. The van der Waals surface area contributed by atoms with E-state index in [2.05, 4.69) is 20.8 Å². The molecule has 1 saturated carbocycles. The van der Waals surface area contributed by atoms with E-state index in [1.54, 1.807) is 16.8 Å². The number of halogens is 1. The molecule has 1 fully saturated rings. The summed E-state index contributed by atoms with van der Waals surface area (Å²) in [5.74, 6) is 1.02. The highest BCUT2D eigenvalue weighted by atomic mass is 19.1. The van der Waals surface area contributed by atoms with Gasteiger partial charge < -0.3 is 9.64 Å². The quantitative estimate of drug-likeness (QED) is 0.409. The van der Waals surface area contributed by atoms with Crippen molar-refractivity contribution in [3.8, 4) is 17.3 Å². The number of carbonyl (C=O) groups excluding carboxylic acids is 1. The topological polar surface area (TPSA) is 47.4 Å². The first kappa shape index (κ1) is 22.1. The molecule has 1 amide bonds. The standard InChI is InChI=1S/C26H30FN3O2/c1-4-15-29(25(31)19-13-14-19)17-23-24(18(2)3)28-30(21-10-6-5-7-11-21)26(23)32-22-12-8-9-20(27)16-22/h5-12,16,18-19H,4,13-15,17H2,1-3H3. The van der Waals surface area contributed by atoms with E-state index in [0.29, 0.717) is 24.7 Å². The van der Waals surface area contributed by atoms with Crippen LogP contribution in [0.4, 0.5) is 4.39 Å². The van der Waals surface area contributed by atoms with Crippen molar-refractivity contribution in [1.29, 1.82) is 0 Å². The van der Waals surface area contributed by atoms with Crippen molar-refractivity contribution < 1.29 is 13.9 Å². The Morgan fingerprint density at radius 3 is 2.56 bits per heavy atom. The fourth-order valence-corrected chi connectivity index (χ4v) is 3.87. The summed E-state index contributed by atoms with van der Waals surface area (Å²) in [5, 5.41) is 4.89. The Labute approximate surface area is 188 Å². The highest BCUT2D eigenvalue weighted by Crippen LogP contribution is 2.37. The van der Waals surface area contributed by atoms with Crippen molar-refractivity contribution in [2.45, 2.75) is 52.5 Å². The number of aromatic nitrogens is 2. The summed E-state index contributed by atoms with van der Waals surface area (Å²) in [5.41, 5.74) is 2.60. The average Bonchev–Trinajstić information content (AvgIpc) is 3.57. The third kappa shape index (κ3) is 4.85. The number of hydrogen-bond acceptors (Lipinski definition) is 3. The predicted octanol–water partition coefficient (Wildman–Crippen LogP) is 6.08. The minimum Gasteiger partial charge on any atom is -0.438 e. The van der Waals surface area contributed by atoms with Crippen LogP contribution in [0.1, 0.15) is 57.2 Å². The molecule has 168 valence electrons. The maximum atomic E-state index is 13.9. The molecule has 1 aromatic heterocycles. The van der Waals surface area contributed by atoms with Crippen LogP contribution in [0.15, 0.2) is 54.6 Å². The van der Waals surface area contributed by atoms with Crippen LogP contribution in [0, 0.1) is 11.7 Å². The van der Waals surface area contributed by atoms with Gasteiger partial charge >= 0.3 is 0 Å². The van der Waals surface area contributed by atoms with Crippen molar-refractivity contribution >= 4 is 5.91 Å². The van der Waals surface area contributed by atoms with E-state index < -0.39 is 0 Å². The largest absolute Gasteiger partial charge is 0.438 e. The molecule has 2 aromatic carbocycles. The fourth-order valence-electron chi connectivity index (χ4n) is 3.87. The van der Waals surface area contributed by atoms with Gasteiger partial charge in [-0.15, -0.1) is 0 Å². The first-order valence-corrected chi connectivity index (χ1v) is 11.4. The molecule has 0 atom stereocenters. The SMILES string of the molecule is CCCN(Cc1c(C(C)C)nn(-c2ccccc2)c1Oc1cccc(F)c1)C(=O)C1CC1. The molecule has 0 aliphatic heterocycles. The summed E-state index contributed by atoms with van der Waals surface area (Å²) in [6, 6.07) is 15.8. The maximum Gasteiger partial charge on any atom is 0.227 e. The highest BCUT2D eigenvalue weighted by molar-refractivity contribution is 5.81. The van der Waals surface area contributed by atoms with E-state index in [9.17, 15) is 9.18 Å². The number of nitrogens with zero attached hydrogens (tertiary/aromatic N) is 3. The van der Waals surface area contributed by atoms with Gasteiger partial charge in [-0.2, -0.15) is 5.10 Å². The van der Waals surface area contributed by atoms with Gasteiger partial charge in [0.25, 0.3) is 0 Å². The number of rotatable bonds is 9. The van der Waals surface area contributed by atoms with Gasteiger partial charge in [0.05, 0.1) is 23.5 Å². The molecular weight excluding hydrogens is 405 g/mol. The summed E-state index contributed by atoms with van der Waals surface area (Å²) >= 11 is 0. The molecule has 0 bridgehead atoms. The monoisotopic (exact) mass is 435 g/mol. The van der Waals surface area contributed by atoms with Gasteiger partial charge in [0.1, 0.15) is 11.6 Å². The van der Waals surface area contributed by atoms with Gasteiger partial charge in [-0.05, 0) is 49.4 Å². The molecule has 0 spiro atoms. The van der Waals surface area contributed by atoms with Crippen LogP contribution in [-0.4, -0.2) is 27.1 Å². The smallest absolute Gasteiger partial charge is 0.227 e. The van der Waals surface area contributed by atoms with Crippen molar-refractivity contribution in [3.63, 3.8) is 0 Å². The van der Waals surface area contributed by atoms with Gasteiger partial charge in [-0.25, -0.2) is 9.07 Å². The second-order valence-electron chi connectivity index (χ2n) is 8.66. The van der Waals surface area contributed by atoms with Crippen LogP contribution in [0.2, 0.25) is 0 Å². The molecule has 6 heteroatoms. The number of hydrogen-bond donors (Lipinski definition) is 0. The Balaban J connectivity index is 1.81. The first-order chi connectivity index (χ1) is 15.5. The highest BCUT2D eigenvalue weighted by Gasteiger charge is 2.34. The Morgan fingerprint density at radius 2 is 1.94 bits per heavy atom. The normalized spacial score (nSPS) is 13.4. The molecule has 0 unspecified atom stereocenters. The van der Waals surface area contributed by atoms with Crippen LogP contribution in [0.5, 0.6) is 11.6 Å². The Bertz CT molecular complexity index is 1070. The summed E-state index contributed by atoms with van der Waals surface area (Å²) < 4.78 is 21.9. The van der Waals surface area contributed by atoms with Gasteiger partial charge in [-0.3, -0.25) is 4.79 Å². The lowest BCUT2D eigenvalue weighted by Crippen LogP contribution is -2.32. The predicted molar refractivity (Wildman–Crippen MR) is 123 cm³/mol. The molecule has 1 aliphatic rings. The van der Waals surface area contributed by atoms with Crippen LogP contribution in [-0.2, 0) is 11.3 Å². The third-order valence-corrected chi connectivity index (χ3v) is 5.61. The van der Waals surface area contributed by atoms with Gasteiger partial charge in [0.15, 0.2) is 0 Å². The lowest BCUT2D eigenvalue weighted by atomic mass is 10.1. The molecule has 32 heavy (non-hydrogen) atoms. The summed E-state index contributed by atoms with van der Waals surface area (Å²) in [4.78, 5) is 14.9. The zero-order valence-electron chi connectivity index (χ0n) is 18.9. The van der Waals surface area contributed by atoms with Crippen LogP contribution >= 0.6 is 0 Å². The summed E-state index contributed by atoms with van der Waals surface area (Å²) in [6.07, 6.45) is 2.81. The van der Waals surface area contributed by atoms with Crippen molar-refractivity contribution in [2.24, 2.45) is 5.92 Å². The average molecular weight is 436 g/mol. The van der Waals surface area contributed by atoms with Gasteiger partial charge in [0.2, 0.25) is 11.8 Å². The maximum absolute atomic E-state index is 13.9. The Hall–Kier alpha value is -3.15. The van der Waals surface area contributed by atoms with Crippen LogP contribution in [0.3, 0.4) is 0 Å². The fraction of sp³-hybridized carbons (Fsp3) is 0.385. The minimum atomic E-state index is -0.365. The van der Waals surface area contributed by atoms with E-state index in [-0.39, 0.29) is 23.6 Å². The van der Waals surface area contributed by atoms with Crippen molar-refractivity contribution in [3.05, 3.63) is 71.7 Å². The second-order valence-corrected chi connectivity index (χ2v) is 8.66. The van der Waals surface area contributed by atoms with E-state index in [0.717, 1.165) is 36.2 Å². The van der Waals surface area contributed by atoms with Crippen LogP contribution < -0.4 is 4.74 Å². The van der Waals surface area contributed by atoms with Crippen LogP contribution in [0.25, 0.3) is 5.69 Å². The number of carbonyl (C=O) groups is 1. The second kappa shape index (κ2) is 9.55. The third-order valence-electron chi connectivity index (χ3n) is 5.61. The Morgan fingerprint density at radius 1 is 1.19 bits per heavy atom. The molecule has 0 N–H and O–H groups in total. The molecule has 1 heterocycles. The molecule has 1 aliphatic carbocycles. The molecule has 4 rings (SSSR count). The zero-order chi connectivity index (χ0) is 22.7. The molecule has 0 saturated heterocycles. The zero-order valence-corrected chi connectivity index (χ0v) is 18.9. The van der Waals surface area contributed by atoms with Crippen molar-refractivity contribution in [2.75, 3.05) is 6.54 Å². The molecule has 5 nitrogen and oxygen atoms in total. The molecule has 3 aromatic rings. The van der Waals surface area contributed by atoms with E-state index in [1.807, 2.05) is 35.2 Å². The first-order valence-electron chi connectivity index (χ1n) is 11.4. The summed E-state index contributed by atoms with van der Waals surface area (Å²) in [6.45, 7) is 7.35. The van der Waals surface area contributed by atoms with E-state index in [1.165, 1.54) is 12.1 Å². The van der Waals surface area contributed by atoms with Gasteiger partial charge in [-0.1, -0.05) is 45.0 Å². The lowest BCUT2D eigenvalue weighted by molar-refractivity contribution is -0.133. The Kier molecular flexibility index (Phi) is 6.58. The number of benzene rings is 2. The number of ether oxygens (including phenoxy) is 1.